The van der Waals surface area contributed by atoms with E-state index < -0.39 is 0 Å². The van der Waals surface area contributed by atoms with Crippen molar-refractivity contribution in [2.24, 2.45) is 0 Å². The van der Waals surface area contributed by atoms with Crippen LogP contribution in [0.2, 0.25) is 0 Å². The molecule has 2 N–H and O–H groups in total. The van der Waals surface area contributed by atoms with Gasteiger partial charge in [0.15, 0.2) is 0 Å². The monoisotopic (exact) mass is 321 g/mol. The molecule has 1 heterocycles. The lowest BCUT2D eigenvalue weighted by molar-refractivity contribution is -0.116. The summed E-state index contributed by atoms with van der Waals surface area (Å²) in [5.74, 6) is 0.267. The van der Waals surface area contributed by atoms with E-state index >= 15 is 0 Å². The smallest absolute Gasteiger partial charge is 0.251 e. The first-order valence-electron chi connectivity index (χ1n) is 7.49. The molecular formula is C18H15N3O3. The van der Waals surface area contributed by atoms with Crippen LogP contribution in [-0.4, -0.2) is 18.4 Å². The number of nitrogens with one attached hydrogen (secondary N) is 2. The predicted molar refractivity (Wildman–Crippen MR) is 87.5 cm³/mol. The summed E-state index contributed by atoms with van der Waals surface area (Å²) in [6.07, 6.45) is 0.315. The van der Waals surface area contributed by atoms with Crippen molar-refractivity contribution in [2.45, 2.75) is 13.0 Å². The molecule has 2 aromatic carbocycles. The van der Waals surface area contributed by atoms with Crippen LogP contribution in [0.15, 0.2) is 42.5 Å². The number of carbonyl (C=O) groups excluding carboxylic acids is 2. The van der Waals surface area contributed by atoms with E-state index in [1.54, 1.807) is 36.4 Å². The van der Waals surface area contributed by atoms with Gasteiger partial charge in [0.05, 0.1) is 30.3 Å². The van der Waals surface area contributed by atoms with E-state index in [9.17, 15) is 9.59 Å². The van der Waals surface area contributed by atoms with Crippen LogP contribution in [0.3, 0.4) is 0 Å². The van der Waals surface area contributed by atoms with Crippen LogP contribution >= 0.6 is 0 Å². The minimum atomic E-state index is -0.262. The Hall–Kier alpha value is -3.33. The number of rotatable bonds is 3. The van der Waals surface area contributed by atoms with Crippen molar-refractivity contribution in [3.63, 3.8) is 0 Å². The molecule has 0 aliphatic carbocycles. The fraction of sp³-hybridized carbons (Fsp3) is 0.167. The van der Waals surface area contributed by atoms with Gasteiger partial charge in [0.25, 0.3) is 5.91 Å². The van der Waals surface area contributed by atoms with E-state index in [4.69, 9.17) is 10.00 Å². The lowest BCUT2D eigenvalue weighted by Crippen LogP contribution is -2.22. The average molecular weight is 321 g/mol. The van der Waals surface area contributed by atoms with Gasteiger partial charge in [-0.05, 0) is 35.9 Å². The highest BCUT2D eigenvalue weighted by Crippen LogP contribution is 2.28. The van der Waals surface area contributed by atoms with Gasteiger partial charge in [0.1, 0.15) is 5.75 Å². The van der Waals surface area contributed by atoms with E-state index in [1.165, 1.54) is 0 Å². The SMILES string of the molecule is N#Cc1cccc(C(=O)NCc2ccc3c(c2)NC(=O)CCO3)c1. The van der Waals surface area contributed by atoms with Crippen molar-refractivity contribution >= 4 is 17.5 Å². The summed E-state index contributed by atoms with van der Waals surface area (Å²) in [5.41, 5.74) is 2.31. The Morgan fingerprint density at radius 1 is 1.29 bits per heavy atom. The molecule has 120 valence electrons. The lowest BCUT2D eigenvalue weighted by Gasteiger charge is -2.10. The highest BCUT2D eigenvalue weighted by molar-refractivity contribution is 5.95. The van der Waals surface area contributed by atoms with Crippen molar-refractivity contribution < 1.29 is 14.3 Å². The Labute approximate surface area is 139 Å². The predicted octanol–water partition coefficient (Wildman–Crippen LogP) is 2.21. The third kappa shape index (κ3) is 3.52. The maximum Gasteiger partial charge on any atom is 0.251 e. The Kier molecular flexibility index (Phi) is 4.43. The molecule has 6 nitrogen and oxygen atoms in total. The van der Waals surface area contributed by atoms with Crippen molar-refractivity contribution in [1.29, 1.82) is 5.26 Å². The highest BCUT2D eigenvalue weighted by atomic mass is 16.5. The second-order valence-electron chi connectivity index (χ2n) is 5.35. The maximum atomic E-state index is 12.2. The number of fused-ring (bicyclic) bond motifs is 1. The molecule has 0 bridgehead atoms. The Morgan fingerprint density at radius 2 is 2.17 bits per heavy atom. The molecular weight excluding hydrogens is 306 g/mol. The van der Waals surface area contributed by atoms with Gasteiger partial charge in [0.2, 0.25) is 5.91 Å². The molecule has 0 radical (unpaired) electrons. The van der Waals surface area contributed by atoms with Gasteiger partial charge >= 0.3 is 0 Å². The fourth-order valence-electron chi connectivity index (χ4n) is 2.39. The Bertz CT molecular complexity index is 840. The Balaban J connectivity index is 1.69. The minimum absolute atomic E-state index is 0.0942. The van der Waals surface area contributed by atoms with E-state index in [0.717, 1.165) is 5.56 Å². The van der Waals surface area contributed by atoms with Gasteiger partial charge in [0, 0.05) is 12.1 Å². The second kappa shape index (κ2) is 6.84. The quantitative estimate of drug-likeness (QED) is 0.906. The van der Waals surface area contributed by atoms with Crippen LogP contribution in [0.4, 0.5) is 5.69 Å². The molecule has 2 amide bonds. The summed E-state index contributed by atoms with van der Waals surface area (Å²) in [6.45, 7) is 0.656. The molecule has 0 saturated heterocycles. The molecule has 0 aromatic heterocycles. The number of amides is 2. The van der Waals surface area contributed by atoms with Crippen LogP contribution in [0.5, 0.6) is 5.75 Å². The van der Waals surface area contributed by atoms with E-state index in [2.05, 4.69) is 10.6 Å². The topological polar surface area (TPSA) is 91.2 Å². The number of carbonyl (C=O) groups is 2. The lowest BCUT2D eigenvalue weighted by atomic mass is 10.1. The van der Waals surface area contributed by atoms with Crippen LogP contribution in [0, 0.1) is 11.3 Å². The number of nitriles is 1. The number of hydrogen-bond acceptors (Lipinski definition) is 4. The number of benzene rings is 2. The van der Waals surface area contributed by atoms with Crippen molar-refractivity contribution in [3.8, 4) is 11.8 Å². The minimum Gasteiger partial charge on any atom is -0.491 e. The van der Waals surface area contributed by atoms with E-state index in [1.807, 2.05) is 12.1 Å². The normalized spacial score (nSPS) is 12.9. The van der Waals surface area contributed by atoms with Crippen molar-refractivity contribution in [2.75, 3.05) is 11.9 Å². The molecule has 0 fully saturated rings. The molecule has 0 saturated carbocycles. The zero-order valence-corrected chi connectivity index (χ0v) is 12.8. The fourth-order valence-corrected chi connectivity index (χ4v) is 2.39. The van der Waals surface area contributed by atoms with Crippen molar-refractivity contribution in [1.82, 2.24) is 5.32 Å². The molecule has 1 aliphatic heterocycles. The summed E-state index contributed by atoms with van der Waals surface area (Å²) in [5, 5.41) is 14.5. The van der Waals surface area contributed by atoms with Gasteiger partial charge in [-0.2, -0.15) is 5.26 Å². The summed E-state index contributed by atoms with van der Waals surface area (Å²) in [7, 11) is 0. The highest BCUT2D eigenvalue weighted by Gasteiger charge is 2.14. The summed E-state index contributed by atoms with van der Waals surface area (Å²) >= 11 is 0. The van der Waals surface area contributed by atoms with Gasteiger partial charge in [-0.1, -0.05) is 12.1 Å². The number of nitrogens with zero attached hydrogens (tertiary/aromatic N) is 1. The molecule has 3 rings (SSSR count). The first kappa shape index (κ1) is 15.6. The maximum absolute atomic E-state index is 12.2. The first-order valence-corrected chi connectivity index (χ1v) is 7.49. The number of ether oxygens (including phenoxy) is 1. The van der Waals surface area contributed by atoms with Gasteiger partial charge in [-0.3, -0.25) is 9.59 Å². The molecule has 0 spiro atoms. The standard InChI is InChI=1S/C18H15N3O3/c19-10-12-2-1-3-14(8-12)18(23)20-11-13-4-5-16-15(9-13)21-17(22)6-7-24-16/h1-5,8-9H,6-7,11H2,(H,20,23)(H,21,22). The number of hydrogen-bond donors (Lipinski definition) is 2. The van der Waals surface area contributed by atoms with Gasteiger partial charge < -0.3 is 15.4 Å². The molecule has 6 heteroatoms. The third-order valence-corrected chi connectivity index (χ3v) is 3.61. The molecule has 24 heavy (non-hydrogen) atoms. The average Bonchev–Trinajstić information content (AvgIpc) is 2.79. The van der Waals surface area contributed by atoms with Crippen LogP contribution in [-0.2, 0) is 11.3 Å². The van der Waals surface area contributed by atoms with Crippen LogP contribution < -0.4 is 15.4 Å². The summed E-state index contributed by atoms with van der Waals surface area (Å²) in [6, 6.07) is 13.9. The van der Waals surface area contributed by atoms with E-state index in [0.29, 0.717) is 42.1 Å². The summed E-state index contributed by atoms with van der Waals surface area (Å²) in [4.78, 5) is 23.7. The molecule has 1 aliphatic rings. The second-order valence-corrected chi connectivity index (χ2v) is 5.35. The number of anilines is 1. The van der Waals surface area contributed by atoms with Crippen LogP contribution in [0.25, 0.3) is 0 Å². The van der Waals surface area contributed by atoms with Gasteiger partial charge in [-0.15, -0.1) is 0 Å². The van der Waals surface area contributed by atoms with Crippen molar-refractivity contribution in [3.05, 3.63) is 59.2 Å². The van der Waals surface area contributed by atoms with E-state index in [-0.39, 0.29) is 11.8 Å². The Morgan fingerprint density at radius 3 is 3.00 bits per heavy atom. The summed E-state index contributed by atoms with van der Waals surface area (Å²) < 4.78 is 5.49. The van der Waals surface area contributed by atoms with Crippen LogP contribution in [0.1, 0.15) is 27.9 Å². The molecule has 2 aromatic rings. The zero-order chi connectivity index (χ0) is 16.9. The first-order chi connectivity index (χ1) is 11.7. The molecule has 0 atom stereocenters. The largest absolute Gasteiger partial charge is 0.491 e. The molecule has 0 unspecified atom stereocenters. The third-order valence-electron chi connectivity index (χ3n) is 3.61. The zero-order valence-electron chi connectivity index (χ0n) is 12.8. The van der Waals surface area contributed by atoms with Gasteiger partial charge in [-0.25, -0.2) is 0 Å².